The number of anilines is 2. The van der Waals surface area contributed by atoms with Crippen LogP contribution in [0.2, 0.25) is 5.02 Å². The summed E-state index contributed by atoms with van der Waals surface area (Å²) in [6.07, 6.45) is 1.51. The van der Waals surface area contributed by atoms with Crippen LogP contribution in [-0.2, 0) is 7.05 Å². The van der Waals surface area contributed by atoms with Gasteiger partial charge in [0, 0.05) is 46.3 Å². The molecule has 3 rings (SSSR count). The van der Waals surface area contributed by atoms with E-state index in [1.54, 1.807) is 19.2 Å². The molecule has 8 heteroatoms. The van der Waals surface area contributed by atoms with Crippen molar-refractivity contribution in [2.75, 3.05) is 49.5 Å². The summed E-state index contributed by atoms with van der Waals surface area (Å²) in [4.78, 5) is 16.6. The van der Waals surface area contributed by atoms with Gasteiger partial charge in [0.15, 0.2) is 0 Å². The fourth-order valence-corrected chi connectivity index (χ4v) is 3.20. The summed E-state index contributed by atoms with van der Waals surface area (Å²) in [5, 5.41) is 17.3. The molecule has 7 nitrogen and oxygen atoms in total. The molecule has 2 heterocycles. The van der Waals surface area contributed by atoms with E-state index >= 15 is 0 Å². The molecule has 0 spiro atoms. The van der Waals surface area contributed by atoms with Crippen LogP contribution in [0.15, 0.2) is 35.3 Å². The van der Waals surface area contributed by atoms with E-state index in [1.165, 1.54) is 10.9 Å². The summed E-state index contributed by atoms with van der Waals surface area (Å²) in [6.45, 7) is 4.80. The van der Waals surface area contributed by atoms with E-state index in [0.717, 1.165) is 45.0 Å². The molecule has 0 atom stereocenters. The molecule has 1 aliphatic rings. The predicted molar refractivity (Wildman–Crippen MR) is 99.7 cm³/mol. The maximum absolute atomic E-state index is 12.3. The number of aryl methyl sites for hydroxylation is 1. The molecule has 2 N–H and O–H groups in total. The predicted octanol–water partition coefficient (Wildman–Crippen LogP) is 1.37. The van der Waals surface area contributed by atoms with Crippen LogP contribution in [0.5, 0.6) is 5.75 Å². The highest BCUT2D eigenvalue weighted by Gasteiger charge is 2.21. The van der Waals surface area contributed by atoms with Crippen molar-refractivity contribution in [1.29, 1.82) is 0 Å². The second-order valence-electron chi connectivity index (χ2n) is 6.04. The third-order valence-electron chi connectivity index (χ3n) is 4.40. The molecule has 0 amide bonds. The summed E-state index contributed by atoms with van der Waals surface area (Å²) in [7, 11) is 1.63. The van der Waals surface area contributed by atoms with Gasteiger partial charge in [-0.3, -0.25) is 9.69 Å². The molecule has 0 bridgehead atoms. The highest BCUT2D eigenvalue weighted by molar-refractivity contribution is 6.33. The third-order valence-corrected chi connectivity index (χ3v) is 4.68. The number of piperazine rings is 1. The Morgan fingerprint density at radius 3 is 2.68 bits per heavy atom. The Morgan fingerprint density at radius 1 is 1.24 bits per heavy atom. The maximum atomic E-state index is 12.3. The van der Waals surface area contributed by atoms with E-state index in [-0.39, 0.29) is 11.3 Å². The SMILES string of the molecule is Cn1ncc(Cl)c(N2CCN(CCNc3ccccc3O)CC2)c1=O. The number of nitrogens with one attached hydrogen (secondary N) is 1. The molecule has 1 aliphatic heterocycles. The first-order chi connectivity index (χ1) is 12.1. The number of halogens is 1. The van der Waals surface area contributed by atoms with Gasteiger partial charge < -0.3 is 15.3 Å². The molecular formula is C17H22ClN5O2. The van der Waals surface area contributed by atoms with Crippen LogP contribution in [0, 0.1) is 0 Å². The lowest BCUT2D eigenvalue weighted by Crippen LogP contribution is -2.49. The summed E-state index contributed by atoms with van der Waals surface area (Å²) in [5.74, 6) is 0.260. The zero-order valence-corrected chi connectivity index (χ0v) is 14.9. The van der Waals surface area contributed by atoms with Crippen molar-refractivity contribution in [3.8, 4) is 5.75 Å². The quantitative estimate of drug-likeness (QED) is 0.782. The second-order valence-corrected chi connectivity index (χ2v) is 6.45. The minimum Gasteiger partial charge on any atom is -0.506 e. The monoisotopic (exact) mass is 363 g/mol. The number of hydrogen-bond acceptors (Lipinski definition) is 6. The zero-order chi connectivity index (χ0) is 17.8. The first kappa shape index (κ1) is 17.6. The highest BCUT2D eigenvalue weighted by atomic mass is 35.5. The van der Waals surface area contributed by atoms with Gasteiger partial charge in [0.1, 0.15) is 11.4 Å². The average Bonchev–Trinajstić information content (AvgIpc) is 2.61. The summed E-state index contributed by atoms with van der Waals surface area (Å²) in [5.41, 5.74) is 1.11. The van der Waals surface area contributed by atoms with E-state index in [1.807, 2.05) is 17.0 Å². The molecule has 1 fully saturated rings. The minimum absolute atomic E-state index is 0.165. The molecule has 1 aromatic heterocycles. The number of aromatic hydroxyl groups is 1. The normalized spacial score (nSPS) is 15.4. The van der Waals surface area contributed by atoms with Crippen LogP contribution >= 0.6 is 11.6 Å². The van der Waals surface area contributed by atoms with Crippen LogP contribution in [0.3, 0.4) is 0 Å². The van der Waals surface area contributed by atoms with Gasteiger partial charge in [-0.25, -0.2) is 4.68 Å². The van der Waals surface area contributed by atoms with Crippen molar-refractivity contribution >= 4 is 23.0 Å². The molecule has 0 radical (unpaired) electrons. The van der Waals surface area contributed by atoms with Gasteiger partial charge in [0.2, 0.25) is 0 Å². The van der Waals surface area contributed by atoms with Gasteiger partial charge in [0.25, 0.3) is 5.56 Å². The average molecular weight is 364 g/mol. The number of hydrogen-bond donors (Lipinski definition) is 2. The standard InChI is InChI=1S/C17H22ClN5O2/c1-21-17(25)16(13(18)12-20-21)23-10-8-22(9-11-23)7-6-19-14-4-2-3-5-15(14)24/h2-5,12,19,24H,6-11H2,1H3. The van der Waals surface area contributed by atoms with E-state index in [4.69, 9.17) is 11.6 Å². The van der Waals surface area contributed by atoms with E-state index in [9.17, 15) is 9.90 Å². The van der Waals surface area contributed by atoms with Crippen molar-refractivity contribution in [2.24, 2.45) is 7.05 Å². The van der Waals surface area contributed by atoms with Gasteiger partial charge in [-0.2, -0.15) is 5.10 Å². The summed E-state index contributed by atoms with van der Waals surface area (Å²) in [6, 6.07) is 7.21. The number of nitrogens with zero attached hydrogens (tertiary/aromatic N) is 4. The Labute approximate surface area is 151 Å². The van der Waals surface area contributed by atoms with Gasteiger partial charge in [-0.15, -0.1) is 0 Å². The molecule has 1 saturated heterocycles. The van der Waals surface area contributed by atoms with E-state index in [2.05, 4.69) is 15.3 Å². The molecule has 0 saturated carbocycles. The molecule has 0 aliphatic carbocycles. The Bertz CT molecular complexity index is 787. The van der Waals surface area contributed by atoms with Crippen molar-refractivity contribution in [2.45, 2.75) is 0 Å². The number of phenolic OH excluding ortho intramolecular Hbond substituents is 1. The Hall–Kier alpha value is -2.25. The largest absolute Gasteiger partial charge is 0.506 e. The molecule has 2 aromatic rings. The van der Waals surface area contributed by atoms with Crippen LogP contribution in [-0.4, -0.2) is 59.1 Å². The lowest BCUT2D eigenvalue weighted by atomic mass is 10.2. The Kier molecular flexibility index (Phi) is 5.45. The molecule has 25 heavy (non-hydrogen) atoms. The van der Waals surface area contributed by atoms with Crippen molar-refractivity contribution in [3.63, 3.8) is 0 Å². The van der Waals surface area contributed by atoms with Crippen LogP contribution < -0.4 is 15.8 Å². The second kappa shape index (κ2) is 7.76. The number of phenols is 1. The van der Waals surface area contributed by atoms with E-state index < -0.39 is 0 Å². The van der Waals surface area contributed by atoms with Gasteiger partial charge >= 0.3 is 0 Å². The van der Waals surface area contributed by atoms with Crippen molar-refractivity contribution in [3.05, 3.63) is 45.8 Å². The molecule has 0 unspecified atom stereocenters. The van der Waals surface area contributed by atoms with Crippen LogP contribution in [0.1, 0.15) is 0 Å². The minimum atomic E-state index is -0.165. The smallest absolute Gasteiger partial charge is 0.291 e. The van der Waals surface area contributed by atoms with Crippen molar-refractivity contribution in [1.82, 2.24) is 14.7 Å². The molecular weight excluding hydrogens is 342 g/mol. The Morgan fingerprint density at radius 2 is 1.96 bits per heavy atom. The number of rotatable bonds is 5. The first-order valence-electron chi connectivity index (χ1n) is 8.27. The van der Waals surface area contributed by atoms with Crippen LogP contribution in [0.4, 0.5) is 11.4 Å². The van der Waals surface area contributed by atoms with Gasteiger partial charge in [0.05, 0.1) is 16.9 Å². The summed E-state index contributed by atoms with van der Waals surface area (Å²) < 4.78 is 1.31. The van der Waals surface area contributed by atoms with Crippen LogP contribution in [0.25, 0.3) is 0 Å². The zero-order valence-electron chi connectivity index (χ0n) is 14.2. The van der Waals surface area contributed by atoms with Gasteiger partial charge in [-0.05, 0) is 12.1 Å². The molecule has 1 aromatic carbocycles. The topological polar surface area (TPSA) is 73.6 Å². The Balaban J connectivity index is 1.52. The summed E-state index contributed by atoms with van der Waals surface area (Å²) >= 11 is 6.17. The fraction of sp³-hybridized carbons (Fsp3) is 0.412. The highest BCUT2D eigenvalue weighted by Crippen LogP contribution is 2.22. The molecule has 134 valence electrons. The fourth-order valence-electron chi connectivity index (χ4n) is 2.96. The van der Waals surface area contributed by atoms with E-state index in [0.29, 0.717) is 10.7 Å². The maximum Gasteiger partial charge on any atom is 0.291 e. The third kappa shape index (κ3) is 4.05. The lowest BCUT2D eigenvalue weighted by Gasteiger charge is -2.36. The lowest BCUT2D eigenvalue weighted by molar-refractivity contribution is 0.267. The number of benzene rings is 1. The first-order valence-corrected chi connectivity index (χ1v) is 8.65. The van der Waals surface area contributed by atoms with Crippen molar-refractivity contribution < 1.29 is 5.11 Å². The number of aromatic nitrogens is 2. The number of para-hydroxylation sites is 2. The van der Waals surface area contributed by atoms with Gasteiger partial charge in [-0.1, -0.05) is 23.7 Å².